The molecule has 1 atom stereocenters. The highest BCUT2D eigenvalue weighted by Crippen LogP contribution is 2.29. The van der Waals surface area contributed by atoms with Crippen LogP contribution in [0.25, 0.3) is 11.4 Å². The number of aromatic nitrogens is 2. The summed E-state index contributed by atoms with van der Waals surface area (Å²) < 4.78 is 41.9. The van der Waals surface area contributed by atoms with Gasteiger partial charge in [-0.05, 0) is 31.5 Å². The third-order valence-corrected chi connectivity index (χ3v) is 4.30. The molecule has 0 saturated heterocycles. The number of aryl methyl sites for hydroxylation is 1. The van der Waals surface area contributed by atoms with Gasteiger partial charge in [0.2, 0.25) is 5.82 Å². The van der Waals surface area contributed by atoms with Gasteiger partial charge in [0.15, 0.2) is 0 Å². The van der Waals surface area contributed by atoms with Gasteiger partial charge in [-0.15, -0.1) is 0 Å². The monoisotopic (exact) mass is 434 g/mol. The molecule has 1 aromatic heterocycles. The minimum atomic E-state index is -4.71. The van der Waals surface area contributed by atoms with E-state index in [0.29, 0.717) is 24.3 Å². The number of hydroxylamine groups is 1. The fraction of sp³-hybridized carbons (Fsp3) is 0.286. The van der Waals surface area contributed by atoms with Crippen LogP contribution >= 0.6 is 0 Å². The van der Waals surface area contributed by atoms with Crippen molar-refractivity contribution in [3.8, 4) is 11.4 Å². The number of nitrogens with zero attached hydrogens (tertiary/aromatic N) is 2. The lowest BCUT2D eigenvalue weighted by Gasteiger charge is -2.15. The average molecular weight is 434 g/mol. The molecule has 0 radical (unpaired) electrons. The van der Waals surface area contributed by atoms with E-state index in [-0.39, 0.29) is 17.8 Å². The zero-order valence-electron chi connectivity index (χ0n) is 16.9. The Morgan fingerprint density at radius 1 is 1.13 bits per heavy atom. The van der Waals surface area contributed by atoms with Crippen LogP contribution < -0.4 is 10.8 Å². The van der Waals surface area contributed by atoms with E-state index in [1.807, 2.05) is 38.1 Å². The van der Waals surface area contributed by atoms with Crippen molar-refractivity contribution >= 4 is 5.91 Å². The summed E-state index contributed by atoms with van der Waals surface area (Å²) in [4.78, 5) is 21.1. The Bertz CT molecular complexity index is 1000. The van der Waals surface area contributed by atoms with E-state index < -0.39 is 12.1 Å². The summed E-state index contributed by atoms with van der Waals surface area (Å²) in [5, 5.41) is 6.12. The van der Waals surface area contributed by atoms with Crippen molar-refractivity contribution in [2.75, 3.05) is 6.54 Å². The molecule has 0 bridgehead atoms. The molecule has 0 aliphatic rings. The summed E-state index contributed by atoms with van der Waals surface area (Å²) >= 11 is 0. The first-order valence-electron chi connectivity index (χ1n) is 9.45. The highest BCUT2D eigenvalue weighted by Gasteiger charge is 2.38. The fourth-order valence-corrected chi connectivity index (χ4v) is 2.59. The van der Waals surface area contributed by atoms with Gasteiger partial charge in [-0.3, -0.25) is 9.63 Å². The molecular weight excluding hydrogens is 413 g/mol. The summed E-state index contributed by atoms with van der Waals surface area (Å²) in [5.41, 5.74) is 5.66. The SMILES string of the molecule is Cc1ccc(CONCC(C)NC(=O)c2ccc(-c3noc(C(F)(F)F)n3)cc2)cc1. The van der Waals surface area contributed by atoms with E-state index in [1.54, 1.807) is 0 Å². The average Bonchev–Trinajstić information content (AvgIpc) is 3.23. The van der Waals surface area contributed by atoms with Crippen LogP contribution in [0.4, 0.5) is 13.2 Å². The highest BCUT2D eigenvalue weighted by molar-refractivity contribution is 5.94. The second-order valence-electron chi connectivity index (χ2n) is 7.00. The normalized spacial score (nSPS) is 12.5. The van der Waals surface area contributed by atoms with Crippen molar-refractivity contribution in [3.63, 3.8) is 0 Å². The van der Waals surface area contributed by atoms with Crippen LogP contribution in [0.1, 0.15) is 34.3 Å². The third kappa shape index (κ3) is 6.37. The molecule has 3 rings (SSSR count). The van der Waals surface area contributed by atoms with Gasteiger partial charge in [0.25, 0.3) is 5.91 Å². The largest absolute Gasteiger partial charge is 0.471 e. The molecule has 0 aliphatic heterocycles. The lowest BCUT2D eigenvalue weighted by Crippen LogP contribution is -2.39. The Hall–Kier alpha value is -3.24. The molecule has 2 N–H and O–H groups in total. The number of carbonyl (C=O) groups excluding carboxylic acids is 1. The van der Waals surface area contributed by atoms with Crippen molar-refractivity contribution in [2.24, 2.45) is 0 Å². The van der Waals surface area contributed by atoms with Gasteiger partial charge in [-0.2, -0.15) is 18.2 Å². The Morgan fingerprint density at radius 2 is 1.81 bits per heavy atom. The second-order valence-corrected chi connectivity index (χ2v) is 7.00. The lowest BCUT2D eigenvalue weighted by molar-refractivity contribution is -0.159. The number of amides is 1. The van der Waals surface area contributed by atoms with Crippen LogP contribution in [-0.2, 0) is 17.6 Å². The number of hydrogen-bond acceptors (Lipinski definition) is 6. The molecule has 0 aliphatic carbocycles. The quantitative estimate of drug-likeness (QED) is 0.413. The first kappa shape index (κ1) is 22.4. The number of rotatable bonds is 8. The lowest BCUT2D eigenvalue weighted by atomic mass is 10.1. The predicted octanol–water partition coefficient (Wildman–Crippen LogP) is 3.90. The summed E-state index contributed by atoms with van der Waals surface area (Å²) in [6, 6.07) is 13.6. The van der Waals surface area contributed by atoms with Crippen LogP contribution in [-0.4, -0.2) is 28.6 Å². The Morgan fingerprint density at radius 3 is 2.42 bits per heavy atom. The van der Waals surface area contributed by atoms with Gasteiger partial charge >= 0.3 is 12.1 Å². The van der Waals surface area contributed by atoms with Crippen molar-refractivity contribution in [1.29, 1.82) is 0 Å². The Kier molecular flexibility index (Phi) is 7.03. The molecule has 0 spiro atoms. The molecule has 31 heavy (non-hydrogen) atoms. The first-order valence-corrected chi connectivity index (χ1v) is 9.45. The molecule has 10 heteroatoms. The molecular formula is C21H21F3N4O3. The molecule has 1 amide bonds. The maximum Gasteiger partial charge on any atom is 0.471 e. The molecule has 7 nitrogen and oxygen atoms in total. The zero-order valence-corrected chi connectivity index (χ0v) is 16.9. The van der Waals surface area contributed by atoms with Crippen LogP contribution in [0.3, 0.4) is 0 Å². The molecule has 0 saturated carbocycles. The summed E-state index contributed by atoms with van der Waals surface area (Å²) in [5.74, 6) is -1.96. The molecule has 164 valence electrons. The van der Waals surface area contributed by atoms with E-state index in [2.05, 4.69) is 25.5 Å². The van der Waals surface area contributed by atoms with Crippen LogP contribution in [0.5, 0.6) is 0 Å². The van der Waals surface area contributed by atoms with Crippen molar-refractivity contribution in [1.82, 2.24) is 20.9 Å². The molecule has 3 aromatic rings. The van der Waals surface area contributed by atoms with Gasteiger partial charge in [0.1, 0.15) is 0 Å². The van der Waals surface area contributed by atoms with E-state index in [0.717, 1.165) is 5.56 Å². The Labute approximate surface area is 176 Å². The number of alkyl halides is 3. The number of halogens is 3. The number of benzene rings is 2. The number of carbonyl (C=O) groups is 1. The second kappa shape index (κ2) is 9.71. The summed E-state index contributed by atoms with van der Waals surface area (Å²) in [6.07, 6.45) is -4.71. The maximum atomic E-state index is 12.6. The van der Waals surface area contributed by atoms with Crippen molar-refractivity contribution < 1.29 is 27.3 Å². The van der Waals surface area contributed by atoms with E-state index in [4.69, 9.17) is 4.84 Å². The van der Waals surface area contributed by atoms with Gasteiger partial charge in [-0.1, -0.05) is 47.1 Å². The maximum absolute atomic E-state index is 12.6. The topological polar surface area (TPSA) is 89.3 Å². The molecule has 2 aromatic carbocycles. The minimum absolute atomic E-state index is 0.206. The van der Waals surface area contributed by atoms with Gasteiger partial charge in [-0.25, -0.2) is 5.48 Å². The van der Waals surface area contributed by atoms with Crippen LogP contribution in [0.15, 0.2) is 53.1 Å². The predicted molar refractivity (Wildman–Crippen MR) is 106 cm³/mol. The smallest absolute Gasteiger partial charge is 0.348 e. The minimum Gasteiger partial charge on any atom is -0.348 e. The molecule has 0 fully saturated rings. The third-order valence-electron chi connectivity index (χ3n) is 4.30. The van der Waals surface area contributed by atoms with Crippen molar-refractivity contribution in [2.45, 2.75) is 32.7 Å². The Balaban J connectivity index is 1.46. The standard InChI is InChI=1S/C21H21F3N4O3/c1-13-3-5-15(6-4-13)12-30-25-11-14(2)26-19(29)17-9-7-16(8-10-17)18-27-20(31-28-18)21(22,23)24/h3-10,14,25H,11-12H2,1-2H3,(H,26,29). The molecule has 1 heterocycles. The zero-order chi connectivity index (χ0) is 22.4. The van der Waals surface area contributed by atoms with Gasteiger partial charge < -0.3 is 9.84 Å². The highest BCUT2D eigenvalue weighted by atomic mass is 19.4. The van der Waals surface area contributed by atoms with Crippen molar-refractivity contribution in [3.05, 3.63) is 71.1 Å². The van der Waals surface area contributed by atoms with E-state index in [1.165, 1.54) is 29.8 Å². The van der Waals surface area contributed by atoms with Crippen LogP contribution in [0.2, 0.25) is 0 Å². The summed E-state index contributed by atoms with van der Waals surface area (Å²) in [7, 11) is 0. The van der Waals surface area contributed by atoms with Gasteiger partial charge in [0, 0.05) is 23.7 Å². The van der Waals surface area contributed by atoms with Gasteiger partial charge in [0.05, 0.1) is 6.61 Å². The first-order chi connectivity index (χ1) is 14.7. The fourth-order valence-electron chi connectivity index (χ4n) is 2.59. The number of hydrogen-bond donors (Lipinski definition) is 2. The van der Waals surface area contributed by atoms with E-state index >= 15 is 0 Å². The van der Waals surface area contributed by atoms with Crippen LogP contribution in [0, 0.1) is 6.92 Å². The van der Waals surface area contributed by atoms with E-state index in [9.17, 15) is 18.0 Å². The summed E-state index contributed by atoms with van der Waals surface area (Å²) in [6.45, 7) is 4.61. The molecule has 1 unspecified atom stereocenters. The number of nitrogens with one attached hydrogen (secondary N) is 2.